The highest BCUT2D eigenvalue weighted by molar-refractivity contribution is 6.35. The van der Waals surface area contributed by atoms with Gasteiger partial charge in [0.2, 0.25) is 0 Å². The van der Waals surface area contributed by atoms with Crippen LogP contribution in [0.5, 0.6) is 11.5 Å². The number of nitrogens with zero attached hydrogens (tertiary/aromatic N) is 2. The topological polar surface area (TPSA) is 36.3 Å². The van der Waals surface area contributed by atoms with E-state index < -0.39 is 0 Å². The van der Waals surface area contributed by atoms with Gasteiger partial charge in [0, 0.05) is 11.1 Å². The molecule has 0 amide bonds. The third kappa shape index (κ3) is 3.66. The first-order valence-corrected chi connectivity index (χ1v) is 10.1. The molecule has 4 rings (SSSR count). The van der Waals surface area contributed by atoms with Crippen LogP contribution in [0.3, 0.4) is 0 Å². The van der Waals surface area contributed by atoms with E-state index >= 15 is 0 Å². The highest BCUT2D eigenvalue weighted by Crippen LogP contribution is 2.42. The minimum Gasteiger partial charge on any atom is -0.496 e. The summed E-state index contributed by atoms with van der Waals surface area (Å²) >= 11 is 6.97. The zero-order valence-corrected chi connectivity index (χ0v) is 18.0. The van der Waals surface area contributed by atoms with Crippen molar-refractivity contribution in [3.63, 3.8) is 0 Å². The van der Waals surface area contributed by atoms with E-state index in [1.54, 1.807) is 14.2 Å². The smallest absolute Gasteiger partial charge is 0.128 e. The van der Waals surface area contributed by atoms with Crippen LogP contribution in [0.25, 0.3) is 22.5 Å². The standard InChI is InChI=1S/C25H23ClN2O2/c1-17-10-4-5-11-18(17)16-28-25(20-13-7-9-15-22(20)30-3)23(26)24(27-28)19-12-6-8-14-21(19)29-2/h4-15H,16H2,1-3H3. The number of para-hydroxylation sites is 2. The summed E-state index contributed by atoms with van der Waals surface area (Å²) in [6.07, 6.45) is 0. The van der Waals surface area contributed by atoms with Gasteiger partial charge in [-0.05, 0) is 42.3 Å². The Labute approximate surface area is 181 Å². The first-order chi connectivity index (χ1) is 14.6. The second-order valence-corrected chi connectivity index (χ2v) is 7.37. The van der Waals surface area contributed by atoms with Gasteiger partial charge in [0.1, 0.15) is 17.2 Å². The number of methoxy groups -OCH3 is 2. The molecule has 0 saturated carbocycles. The van der Waals surface area contributed by atoms with Crippen molar-refractivity contribution < 1.29 is 9.47 Å². The van der Waals surface area contributed by atoms with Gasteiger partial charge < -0.3 is 9.47 Å². The van der Waals surface area contributed by atoms with Crippen LogP contribution >= 0.6 is 11.6 Å². The molecule has 0 N–H and O–H groups in total. The van der Waals surface area contributed by atoms with Gasteiger partial charge in [0.15, 0.2) is 0 Å². The van der Waals surface area contributed by atoms with E-state index in [0.29, 0.717) is 17.3 Å². The molecule has 152 valence electrons. The van der Waals surface area contributed by atoms with Crippen molar-refractivity contribution >= 4 is 11.6 Å². The molecule has 0 radical (unpaired) electrons. The third-order valence-corrected chi connectivity index (χ3v) is 5.56. The van der Waals surface area contributed by atoms with E-state index in [0.717, 1.165) is 28.3 Å². The van der Waals surface area contributed by atoms with Crippen molar-refractivity contribution in [3.8, 4) is 34.0 Å². The second kappa shape index (κ2) is 8.64. The van der Waals surface area contributed by atoms with Crippen molar-refractivity contribution in [3.05, 3.63) is 88.9 Å². The fourth-order valence-corrected chi connectivity index (χ4v) is 3.95. The second-order valence-electron chi connectivity index (χ2n) is 7.00. The molecule has 1 heterocycles. The van der Waals surface area contributed by atoms with E-state index in [9.17, 15) is 0 Å². The summed E-state index contributed by atoms with van der Waals surface area (Å²) in [4.78, 5) is 0. The maximum atomic E-state index is 6.97. The summed E-state index contributed by atoms with van der Waals surface area (Å²) in [5, 5.41) is 5.49. The Morgan fingerprint density at radius 2 is 1.37 bits per heavy atom. The van der Waals surface area contributed by atoms with Crippen molar-refractivity contribution in [2.24, 2.45) is 0 Å². The minimum atomic E-state index is 0.567. The molecule has 5 heteroatoms. The van der Waals surface area contributed by atoms with Gasteiger partial charge >= 0.3 is 0 Å². The highest BCUT2D eigenvalue weighted by Gasteiger charge is 2.23. The van der Waals surface area contributed by atoms with Crippen molar-refractivity contribution in [2.45, 2.75) is 13.5 Å². The van der Waals surface area contributed by atoms with Gasteiger partial charge in [0.05, 0.1) is 31.5 Å². The number of ether oxygens (including phenoxy) is 2. The predicted octanol–water partition coefficient (Wildman–Crippen LogP) is 6.24. The van der Waals surface area contributed by atoms with E-state index in [2.05, 4.69) is 19.1 Å². The average molecular weight is 419 g/mol. The first-order valence-electron chi connectivity index (χ1n) is 9.71. The van der Waals surface area contributed by atoms with Crippen LogP contribution in [-0.4, -0.2) is 24.0 Å². The van der Waals surface area contributed by atoms with Gasteiger partial charge in [-0.15, -0.1) is 0 Å². The fraction of sp³-hybridized carbons (Fsp3) is 0.160. The zero-order chi connectivity index (χ0) is 21.1. The summed E-state index contributed by atoms with van der Waals surface area (Å²) in [5.41, 5.74) is 5.63. The SMILES string of the molecule is COc1ccccc1-c1nn(Cc2ccccc2C)c(-c2ccccc2OC)c1Cl. The van der Waals surface area contributed by atoms with E-state index in [-0.39, 0.29) is 0 Å². The number of halogens is 1. The largest absolute Gasteiger partial charge is 0.496 e. The normalized spacial score (nSPS) is 10.8. The van der Waals surface area contributed by atoms with Crippen LogP contribution in [0.1, 0.15) is 11.1 Å². The number of aryl methyl sites for hydroxylation is 1. The van der Waals surface area contributed by atoms with Crippen molar-refractivity contribution in [2.75, 3.05) is 14.2 Å². The molecule has 0 unspecified atom stereocenters. The molecule has 3 aromatic carbocycles. The Morgan fingerprint density at radius 3 is 2.03 bits per heavy atom. The summed E-state index contributed by atoms with van der Waals surface area (Å²) in [7, 11) is 3.31. The van der Waals surface area contributed by atoms with E-state index in [1.165, 1.54) is 11.1 Å². The first kappa shape index (κ1) is 20.0. The van der Waals surface area contributed by atoms with Crippen LogP contribution in [0.15, 0.2) is 72.8 Å². The van der Waals surface area contributed by atoms with Crippen LogP contribution < -0.4 is 9.47 Å². The van der Waals surface area contributed by atoms with E-state index in [4.69, 9.17) is 26.2 Å². The predicted molar refractivity (Wildman–Crippen MR) is 121 cm³/mol. The quantitative estimate of drug-likeness (QED) is 0.371. The monoisotopic (exact) mass is 418 g/mol. The third-order valence-electron chi connectivity index (χ3n) is 5.20. The summed E-state index contributed by atoms with van der Waals surface area (Å²) in [6, 6.07) is 23.9. The molecule has 30 heavy (non-hydrogen) atoms. The lowest BCUT2D eigenvalue weighted by Gasteiger charge is -2.13. The van der Waals surface area contributed by atoms with Crippen molar-refractivity contribution in [1.29, 1.82) is 0 Å². The van der Waals surface area contributed by atoms with Crippen LogP contribution in [0, 0.1) is 6.92 Å². The highest BCUT2D eigenvalue weighted by atomic mass is 35.5. The van der Waals surface area contributed by atoms with Gasteiger partial charge in [-0.2, -0.15) is 5.10 Å². The van der Waals surface area contributed by atoms with Gasteiger partial charge in [-0.3, -0.25) is 4.68 Å². The van der Waals surface area contributed by atoms with Gasteiger partial charge in [-0.25, -0.2) is 0 Å². The number of rotatable bonds is 6. The molecule has 0 aliphatic carbocycles. The lowest BCUT2D eigenvalue weighted by atomic mass is 10.1. The molecular weight excluding hydrogens is 396 g/mol. The Morgan fingerprint density at radius 1 is 0.800 bits per heavy atom. The van der Waals surface area contributed by atoms with Crippen LogP contribution in [0.2, 0.25) is 5.02 Å². The Bertz CT molecular complexity index is 1180. The molecule has 4 nitrogen and oxygen atoms in total. The van der Waals surface area contributed by atoms with Gasteiger partial charge in [-0.1, -0.05) is 60.1 Å². The maximum Gasteiger partial charge on any atom is 0.128 e. The average Bonchev–Trinajstić information content (AvgIpc) is 3.10. The molecule has 0 atom stereocenters. The lowest BCUT2D eigenvalue weighted by molar-refractivity contribution is 0.416. The summed E-state index contributed by atoms with van der Waals surface area (Å²) < 4.78 is 13.1. The molecular formula is C25H23ClN2O2. The summed E-state index contributed by atoms with van der Waals surface area (Å²) in [5.74, 6) is 1.48. The number of hydrogen-bond acceptors (Lipinski definition) is 3. The zero-order valence-electron chi connectivity index (χ0n) is 17.2. The molecule has 0 fully saturated rings. The molecule has 1 aromatic heterocycles. The Hall–Kier alpha value is -3.24. The van der Waals surface area contributed by atoms with E-state index in [1.807, 2.05) is 65.3 Å². The molecule has 0 saturated heterocycles. The molecule has 0 spiro atoms. The Balaban J connectivity index is 1.95. The molecule has 4 aromatic rings. The number of hydrogen-bond donors (Lipinski definition) is 0. The number of aromatic nitrogens is 2. The molecule has 0 bridgehead atoms. The van der Waals surface area contributed by atoms with Gasteiger partial charge in [0.25, 0.3) is 0 Å². The van der Waals surface area contributed by atoms with Crippen molar-refractivity contribution in [1.82, 2.24) is 9.78 Å². The minimum absolute atomic E-state index is 0.567. The summed E-state index contributed by atoms with van der Waals surface area (Å²) in [6.45, 7) is 2.69. The van der Waals surface area contributed by atoms with Crippen LogP contribution in [-0.2, 0) is 6.54 Å². The maximum absolute atomic E-state index is 6.97. The lowest BCUT2D eigenvalue weighted by Crippen LogP contribution is -2.06. The number of benzene rings is 3. The fourth-order valence-electron chi connectivity index (χ4n) is 3.61. The van der Waals surface area contributed by atoms with Crippen LogP contribution in [0.4, 0.5) is 0 Å². The molecule has 0 aliphatic rings. The Kier molecular flexibility index (Phi) is 5.77. The molecule has 0 aliphatic heterocycles.